The predicted molar refractivity (Wildman–Crippen MR) is 115 cm³/mol. The number of likely N-dealkylation sites (N-methyl/N-ethyl adjacent to an activating group) is 1. The Balaban J connectivity index is 1.52. The lowest BCUT2D eigenvalue weighted by Crippen LogP contribution is -2.14. The average Bonchev–Trinajstić information content (AvgIpc) is 3.32. The van der Waals surface area contributed by atoms with Gasteiger partial charge >= 0.3 is 0 Å². The molecule has 0 aliphatic rings. The van der Waals surface area contributed by atoms with Gasteiger partial charge in [-0.1, -0.05) is 18.2 Å². The summed E-state index contributed by atoms with van der Waals surface area (Å²) in [5.41, 5.74) is 4.87. The fraction of sp³-hybridized carbons (Fsp3) is 0.227. The normalized spacial score (nSPS) is 11.4. The fourth-order valence-corrected chi connectivity index (χ4v) is 3.98. The number of hydrogen-bond donors (Lipinski definition) is 2. The molecule has 0 amide bonds. The van der Waals surface area contributed by atoms with E-state index in [1.807, 2.05) is 24.4 Å². The first-order chi connectivity index (χ1) is 13.2. The van der Waals surface area contributed by atoms with Gasteiger partial charge in [0.2, 0.25) is 0 Å². The molecule has 0 aliphatic heterocycles. The molecule has 2 aromatic heterocycles. The molecule has 0 aliphatic carbocycles. The number of para-hydroxylation sites is 1. The molecule has 0 bridgehead atoms. The number of anilines is 1. The molecule has 2 N–H and O–H groups in total. The van der Waals surface area contributed by atoms with E-state index in [1.165, 1.54) is 26.9 Å². The van der Waals surface area contributed by atoms with Crippen LogP contribution in [-0.4, -0.2) is 35.5 Å². The van der Waals surface area contributed by atoms with Crippen molar-refractivity contribution in [2.24, 2.45) is 0 Å². The van der Waals surface area contributed by atoms with E-state index >= 15 is 0 Å². The Morgan fingerprint density at radius 3 is 2.78 bits per heavy atom. The highest BCUT2D eigenvalue weighted by Crippen LogP contribution is 2.30. The highest BCUT2D eigenvalue weighted by molar-refractivity contribution is 7.15. The van der Waals surface area contributed by atoms with Crippen LogP contribution < -0.4 is 5.32 Å². The minimum Gasteiger partial charge on any atom is -0.380 e. The van der Waals surface area contributed by atoms with Gasteiger partial charge in [0.1, 0.15) is 5.01 Å². The second-order valence-electron chi connectivity index (χ2n) is 6.98. The lowest BCUT2D eigenvalue weighted by atomic mass is 10.1. The van der Waals surface area contributed by atoms with Crippen molar-refractivity contribution in [2.75, 3.05) is 26.0 Å². The second-order valence-corrected chi connectivity index (χ2v) is 8.09. The molecule has 5 heteroatoms. The van der Waals surface area contributed by atoms with Crippen LogP contribution in [0.5, 0.6) is 0 Å². The largest absolute Gasteiger partial charge is 0.380 e. The molecule has 0 saturated heterocycles. The number of hydrogen-bond acceptors (Lipinski definition) is 4. The van der Waals surface area contributed by atoms with Gasteiger partial charge in [0.25, 0.3) is 0 Å². The smallest absolute Gasteiger partial charge is 0.123 e. The Hall–Kier alpha value is -2.63. The molecule has 2 aromatic carbocycles. The van der Waals surface area contributed by atoms with Crippen LogP contribution in [0.2, 0.25) is 0 Å². The van der Waals surface area contributed by atoms with Crippen LogP contribution in [0.25, 0.3) is 21.5 Å². The summed E-state index contributed by atoms with van der Waals surface area (Å²) in [5, 5.41) is 5.82. The summed E-state index contributed by atoms with van der Waals surface area (Å²) in [4.78, 5) is 11.5. The minimum atomic E-state index is 0.794. The molecule has 138 valence electrons. The Kier molecular flexibility index (Phi) is 5.23. The molecule has 4 nitrogen and oxygen atoms in total. The highest BCUT2D eigenvalue weighted by atomic mass is 32.1. The summed E-state index contributed by atoms with van der Waals surface area (Å²) in [6, 6.07) is 16.9. The molecule has 0 fully saturated rings. The zero-order valence-corrected chi connectivity index (χ0v) is 16.5. The van der Waals surface area contributed by atoms with E-state index in [0.29, 0.717) is 0 Å². The number of aromatic amines is 1. The van der Waals surface area contributed by atoms with Crippen LogP contribution in [0.3, 0.4) is 0 Å². The molecule has 2 heterocycles. The van der Waals surface area contributed by atoms with E-state index in [9.17, 15) is 0 Å². The predicted octanol–water partition coefficient (Wildman–Crippen LogP) is 5.01. The lowest BCUT2D eigenvalue weighted by molar-refractivity contribution is 0.414. The number of nitrogens with one attached hydrogen (secondary N) is 2. The van der Waals surface area contributed by atoms with Gasteiger partial charge in [-0.15, -0.1) is 11.3 Å². The quantitative estimate of drug-likeness (QED) is 0.477. The Morgan fingerprint density at radius 1 is 1.11 bits per heavy atom. The van der Waals surface area contributed by atoms with E-state index < -0.39 is 0 Å². The maximum atomic E-state index is 4.65. The summed E-state index contributed by atoms with van der Waals surface area (Å²) < 4.78 is 0. The molecule has 0 saturated carbocycles. The first-order valence-corrected chi connectivity index (χ1v) is 9.99. The van der Waals surface area contributed by atoms with Crippen molar-refractivity contribution in [2.45, 2.75) is 13.0 Å². The Bertz CT molecular complexity index is 1020. The van der Waals surface area contributed by atoms with Crippen molar-refractivity contribution in [3.63, 3.8) is 0 Å². The zero-order valence-electron chi connectivity index (χ0n) is 15.7. The second kappa shape index (κ2) is 7.94. The third kappa shape index (κ3) is 4.21. The van der Waals surface area contributed by atoms with Crippen LogP contribution in [0.1, 0.15) is 10.4 Å². The van der Waals surface area contributed by atoms with Crippen LogP contribution >= 0.6 is 11.3 Å². The molecule has 0 radical (unpaired) electrons. The SMILES string of the molecule is CN(C)CCc1c[nH]c2ccc(-c3ncc(CNc4ccccc4)s3)cc12. The Morgan fingerprint density at radius 2 is 1.96 bits per heavy atom. The van der Waals surface area contributed by atoms with Gasteiger partial charge in [0.05, 0.1) is 6.54 Å². The molecule has 0 spiro atoms. The van der Waals surface area contributed by atoms with Gasteiger partial charge in [0.15, 0.2) is 0 Å². The summed E-state index contributed by atoms with van der Waals surface area (Å²) in [7, 11) is 4.22. The van der Waals surface area contributed by atoms with Crippen molar-refractivity contribution in [3.8, 4) is 10.6 Å². The number of fused-ring (bicyclic) bond motifs is 1. The van der Waals surface area contributed by atoms with E-state index in [-0.39, 0.29) is 0 Å². The third-order valence-electron chi connectivity index (χ3n) is 4.64. The lowest BCUT2D eigenvalue weighted by Gasteiger charge is -2.08. The van der Waals surface area contributed by atoms with Gasteiger partial charge < -0.3 is 15.2 Å². The topological polar surface area (TPSA) is 44.0 Å². The maximum Gasteiger partial charge on any atom is 0.123 e. The van der Waals surface area contributed by atoms with E-state index in [0.717, 1.165) is 30.2 Å². The number of rotatable bonds is 7. The van der Waals surface area contributed by atoms with Crippen molar-refractivity contribution in [1.82, 2.24) is 14.9 Å². The molecule has 27 heavy (non-hydrogen) atoms. The molecule has 0 atom stereocenters. The Labute approximate surface area is 163 Å². The molecular formula is C22H24N4S. The van der Waals surface area contributed by atoms with E-state index in [1.54, 1.807) is 11.3 Å². The van der Waals surface area contributed by atoms with Crippen molar-refractivity contribution < 1.29 is 0 Å². The highest BCUT2D eigenvalue weighted by Gasteiger charge is 2.09. The summed E-state index contributed by atoms with van der Waals surface area (Å²) in [6.07, 6.45) is 5.15. The number of nitrogens with zero attached hydrogens (tertiary/aromatic N) is 2. The number of thiazole rings is 1. The van der Waals surface area contributed by atoms with Crippen LogP contribution in [0.4, 0.5) is 5.69 Å². The van der Waals surface area contributed by atoms with Crippen LogP contribution in [0, 0.1) is 0 Å². The minimum absolute atomic E-state index is 0.794. The summed E-state index contributed by atoms with van der Waals surface area (Å²) in [6.45, 7) is 1.84. The van der Waals surface area contributed by atoms with Crippen molar-refractivity contribution >= 4 is 27.9 Å². The summed E-state index contributed by atoms with van der Waals surface area (Å²) in [5.74, 6) is 0. The monoisotopic (exact) mass is 376 g/mol. The zero-order chi connectivity index (χ0) is 18.6. The summed E-state index contributed by atoms with van der Waals surface area (Å²) >= 11 is 1.75. The average molecular weight is 377 g/mol. The number of H-pyrrole nitrogens is 1. The maximum absolute atomic E-state index is 4.65. The first-order valence-electron chi connectivity index (χ1n) is 9.18. The fourth-order valence-electron chi connectivity index (χ4n) is 3.13. The van der Waals surface area contributed by atoms with Gasteiger partial charge in [-0.05, 0) is 56.4 Å². The molecule has 4 aromatic rings. The first kappa shape index (κ1) is 17.8. The van der Waals surface area contributed by atoms with Crippen molar-refractivity contribution in [3.05, 3.63) is 71.4 Å². The van der Waals surface area contributed by atoms with Crippen molar-refractivity contribution in [1.29, 1.82) is 0 Å². The van der Waals surface area contributed by atoms with E-state index in [2.05, 4.69) is 70.8 Å². The van der Waals surface area contributed by atoms with Crippen LogP contribution in [0.15, 0.2) is 60.9 Å². The molecular weight excluding hydrogens is 352 g/mol. The number of aromatic nitrogens is 2. The van der Waals surface area contributed by atoms with Gasteiger partial charge in [-0.25, -0.2) is 4.98 Å². The third-order valence-corrected chi connectivity index (χ3v) is 5.68. The van der Waals surface area contributed by atoms with Gasteiger partial charge in [-0.2, -0.15) is 0 Å². The molecule has 4 rings (SSSR count). The van der Waals surface area contributed by atoms with Gasteiger partial charge in [-0.3, -0.25) is 0 Å². The molecule has 0 unspecified atom stereocenters. The van der Waals surface area contributed by atoms with E-state index in [4.69, 9.17) is 0 Å². The number of benzene rings is 2. The van der Waals surface area contributed by atoms with Crippen LogP contribution in [-0.2, 0) is 13.0 Å². The van der Waals surface area contributed by atoms with Gasteiger partial charge in [0, 0.05) is 46.0 Å². The standard InChI is InChI=1S/C22H24N4S/c1-26(2)11-10-17-13-24-21-9-8-16(12-20(17)21)22-25-15-19(27-22)14-23-18-6-4-3-5-7-18/h3-9,12-13,15,23-24H,10-11,14H2,1-2H3.